The predicted molar refractivity (Wildman–Crippen MR) is 61.3 cm³/mol. The molecule has 0 radical (unpaired) electrons. The third-order valence-corrected chi connectivity index (χ3v) is 2.38. The molecule has 0 saturated carbocycles. The lowest BCUT2D eigenvalue weighted by Crippen LogP contribution is -2.06. The van der Waals surface area contributed by atoms with Crippen LogP contribution in [0.5, 0.6) is 0 Å². The molecule has 1 aromatic carbocycles. The van der Waals surface area contributed by atoms with Crippen LogP contribution in [0.2, 0.25) is 0 Å². The van der Waals surface area contributed by atoms with Gasteiger partial charge in [-0.3, -0.25) is 0 Å². The van der Waals surface area contributed by atoms with Gasteiger partial charge >= 0.3 is 5.97 Å². The van der Waals surface area contributed by atoms with Crippen molar-refractivity contribution < 1.29 is 9.53 Å². The van der Waals surface area contributed by atoms with Crippen molar-refractivity contribution in [3.05, 3.63) is 17.7 Å². The van der Waals surface area contributed by atoms with Gasteiger partial charge in [-0.1, -0.05) is 0 Å². The molecule has 0 aromatic heterocycles. The summed E-state index contributed by atoms with van der Waals surface area (Å²) < 4.78 is 4.62. The fourth-order valence-corrected chi connectivity index (χ4v) is 1.53. The average Bonchev–Trinajstić information content (AvgIpc) is 2.21. The summed E-state index contributed by atoms with van der Waals surface area (Å²) >= 11 is 8.15. The zero-order valence-electron chi connectivity index (χ0n) is 7.60. The third-order valence-electron chi connectivity index (χ3n) is 1.64. The number of benzene rings is 1. The van der Waals surface area contributed by atoms with Crippen molar-refractivity contribution in [2.45, 2.75) is 9.79 Å². The van der Waals surface area contributed by atoms with Crippen molar-refractivity contribution in [3.63, 3.8) is 0 Å². The summed E-state index contributed by atoms with van der Waals surface area (Å²) in [6.45, 7) is -0.285. The average molecular weight is 240 g/mol. The summed E-state index contributed by atoms with van der Waals surface area (Å²) in [7, 11) is 0. The number of carbonyl (C=O) groups excluding carboxylic acids is 1. The molecule has 4 nitrogen and oxygen atoms in total. The first kappa shape index (κ1) is 11.8. The van der Waals surface area contributed by atoms with Gasteiger partial charge in [-0.05, 0) is 12.1 Å². The van der Waals surface area contributed by atoms with E-state index in [9.17, 15) is 4.79 Å². The predicted octanol–water partition coefficient (Wildman–Crippen LogP) is 1.53. The lowest BCUT2D eigenvalue weighted by Gasteiger charge is -2.06. The minimum absolute atomic E-state index is 0.273. The van der Waals surface area contributed by atoms with Crippen LogP contribution in [-0.2, 0) is 4.74 Å². The molecule has 15 heavy (non-hydrogen) atoms. The van der Waals surface area contributed by atoms with Gasteiger partial charge in [-0.15, -0.1) is 25.3 Å². The van der Waals surface area contributed by atoms with Crippen molar-refractivity contribution in [2.24, 2.45) is 0 Å². The fourth-order valence-electron chi connectivity index (χ4n) is 0.922. The largest absolute Gasteiger partial charge is 0.447 e. The number of thiol groups is 2. The normalized spacial score (nSPS) is 9.40. The van der Waals surface area contributed by atoms with Crippen molar-refractivity contribution in [1.82, 2.24) is 0 Å². The highest BCUT2D eigenvalue weighted by Crippen LogP contribution is 2.26. The minimum Gasteiger partial charge on any atom is -0.447 e. The number of nitrogen functional groups attached to an aromatic ring is 1. The summed E-state index contributed by atoms with van der Waals surface area (Å²) in [5.41, 5.74) is 6.27. The van der Waals surface area contributed by atoms with E-state index >= 15 is 0 Å². The van der Waals surface area contributed by atoms with Crippen LogP contribution in [0.15, 0.2) is 21.9 Å². The Bertz CT molecular complexity index is 417. The molecule has 0 fully saturated rings. The molecule has 1 aromatic rings. The monoisotopic (exact) mass is 240 g/mol. The van der Waals surface area contributed by atoms with Gasteiger partial charge in [0.2, 0.25) is 0 Å². The topological polar surface area (TPSA) is 76.1 Å². The molecular formula is C9H8N2O2S2. The third kappa shape index (κ3) is 2.81. The molecular weight excluding hydrogens is 232 g/mol. The standard InChI is InChI=1S/C9H8N2O2S2/c10-1-2-13-9(12)5-3-6(14)8(11)7(15)4-5/h3-4,14-15H,2,11H2. The Hall–Kier alpha value is -1.32. The van der Waals surface area contributed by atoms with E-state index in [-0.39, 0.29) is 12.2 Å². The molecule has 0 spiro atoms. The van der Waals surface area contributed by atoms with Crippen LogP contribution < -0.4 is 5.73 Å². The van der Waals surface area contributed by atoms with E-state index in [0.717, 1.165) is 0 Å². The first-order valence-electron chi connectivity index (χ1n) is 3.91. The maximum Gasteiger partial charge on any atom is 0.339 e. The maximum absolute atomic E-state index is 11.3. The van der Waals surface area contributed by atoms with Crippen LogP contribution in [0.1, 0.15) is 10.4 Å². The number of hydrogen-bond acceptors (Lipinski definition) is 6. The van der Waals surface area contributed by atoms with Crippen LogP contribution in [0.25, 0.3) is 0 Å². The van der Waals surface area contributed by atoms with Gasteiger partial charge in [0.1, 0.15) is 6.07 Å². The molecule has 0 aliphatic heterocycles. The first-order valence-corrected chi connectivity index (χ1v) is 4.81. The zero-order valence-corrected chi connectivity index (χ0v) is 9.39. The molecule has 0 heterocycles. The molecule has 0 aliphatic rings. The Morgan fingerprint density at radius 3 is 2.47 bits per heavy atom. The van der Waals surface area contributed by atoms with Gasteiger partial charge in [0.25, 0.3) is 0 Å². The summed E-state index contributed by atoms with van der Waals surface area (Å²) in [5.74, 6) is -0.595. The number of hydrogen-bond donors (Lipinski definition) is 3. The highest BCUT2D eigenvalue weighted by atomic mass is 32.1. The number of nitrogens with zero attached hydrogens (tertiary/aromatic N) is 1. The van der Waals surface area contributed by atoms with Gasteiger partial charge in [-0.25, -0.2) is 4.79 Å². The van der Waals surface area contributed by atoms with E-state index in [1.807, 2.05) is 0 Å². The van der Waals surface area contributed by atoms with Gasteiger partial charge in [-0.2, -0.15) is 5.26 Å². The second kappa shape index (κ2) is 4.96. The zero-order chi connectivity index (χ0) is 11.4. The van der Waals surface area contributed by atoms with Gasteiger partial charge in [0.15, 0.2) is 6.61 Å². The highest BCUT2D eigenvalue weighted by molar-refractivity contribution is 7.81. The molecule has 0 atom stereocenters. The van der Waals surface area contributed by atoms with E-state index in [1.54, 1.807) is 6.07 Å². The molecule has 1 rings (SSSR count). The summed E-state index contributed by atoms with van der Waals surface area (Å²) in [4.78, 5) is 12.2. The Balaban J connectivity index is 2.97. The second-order valence-electron chi connectivity index (χ2n) is 2.66. The number of nitrogens with two attached hydrogens (primary N) is 1. The van der Waals surface area contributed by atoms with Crippen molar-refractivity contribution >= 4 is 36.9 Å². The summed E-state index contributed by atoms with van der Waals surface area (Å²) in [6.07, 6.45) is 0. The van der Waals surface area contributed by atoms with Crippen LogP contribution in [-0.4, -0.2) is 12.6 Å². The van der Waals surface area contributed by atoms with Gasteiger partial charge in [0.05, 0.1) is 11.3 Å². The number of anilines is 1. The highest BCUT2D eigenvalue weighted by Gasteiger charge is 2.10. The molecule has 6 heteroatoms. The fraction of sp³-hybridized carbons (Fsp3) is 0.111. The summed E-state index contributed by atoms with van der Waals surface area (Å²) in [5, 5.41) is 8.24. The Kier molecular flexibility index (Phi) is 3.88. The lowest BCUT2D eigenvalue weighted by molar-refractivity contribution is 0.0554. The molecule has 0 bridgehead atoms. The molecule has 2 N–H and O–H groups in total. The van der Waals surface area contributed by atoms with Crippen LogP contribution in [0, 0.1) is 11.3 Å². The van der Waals surface area contributed by atoms with Crippen molar-refractivity contribution in [2.75, 3.05) is 12.3 Å². The molecule has 0 unspecified atom stereocenters. The minimum atomic E-state index is -0.595. The Labute approximate surface area is 97.8 Å². The van der Waals surface area contributed by atoms with E-state index in [1.165, 1.54) is 12.1 Å². The van der Waals surface area contributed by atoms with Crippen molar-refractivity contribution in [3.8, 4) is 6.07 Å². The molecule has 0 aliphatic carbocycles. The number of ether oxygens (including phenoxy) is 1. The maximum atomic E-state index is 11.3. The Morgan fingerprint density at radius 2 is 2.00 bits per heavy atom. The quantitative estimate of drug-likeness (QED) is 0.416. The number of esters is 1. The molecule has 0 saturated heterocycles. The number of carbonyl (C=O) groups is 1. The van der Waals surface area contributed by atoms with E-state index in [0.29, 0.717) is 15.5 Å². The van der Waals surface area contributed by atoms with E-state index in [4.69, 9.17) is 11.0 Å². The molecule has 0 amide bonds. The Morgan fingerprint density at radius 1 is 1.47 bits per heavy atom. The van der Waals surface area contributed by atoms with Crippen LogP contribution in [0.3, 0.4) is 0 Å². The van der Waals surface area contributed by atoms with Gasteiger partial charge < -0.3 is 10.5 Å². The number of nitriles is 1. The summed E-state index contributed by atoms with van der Waals surface area (Å²) in [6, 6.07) is 4.64. The number of rotatable bonds is 2. The van der Waals surface area contributed by atoms with Crippen LogP contribution >= 0.6 is 25.3 Å². The van der Waals surface area contributed by atoms with Crippen molar-refractivity contribution in [1.29, 1.82) is 5.26 Å². The second-order valence-corrected chi connectivity index (χ2v) is 3.63. The smallest absolute Gasteiger partial charge is 0.339 e. The van der Waals surface area contributed by atoms with E-state index < -0.39 is 5.97 Å². The lowest BCUT2D eigenvalue weighted by atomic mass is 10.2. The first-order chi connectivity index (χ1) is 7.06. The molecule has 78 valence electrons. The van der Waals surface area contributed by atoms with Crippen LogP contribution in [0.4, 0.5) is 5.69 Å². The van der Waals surface area contributed by atoms with Gasteiger partial charge in [0, 0.05) is 9.79 Å². The van der Waals surface area contributed by atoms with E-state index in [2.05, 4.69) is 30.0 Å². The SMILES string of the molecule is N#CCOC(=O)c1cc(S)c(N)c(S)c1.